The van der Waals surface area contributed by atoms with Crippen molar-refractivity contribution >= 4 is 17.6 Å². The average molecular weight is 562 g/mol. The zero-order chi connectivity index (χ0) is 28.5. The number of carbonyl (C=O) groups is 2. The van der Waals surface area contributed by atoms with Crippen LogP contribution in [0.3, 0.4) is 0 Å². The number of oxazole rings is 1. The molecule has 0 spiro atoms. The number of aliphatic hydroxyl groups is 1. The molecule has 0 unspecified atom stereocenters. The molecule has 3 N–H and O–H groups in total. The number of piperidine rings is 1. The molecule has 2 amide bonds. The number of β-amino-alcohol motifs (C(OH)–C–C–N with tert-alkyl or cyclic N) is 1. The maximum atomic E-state index is 12.7. The van der Waals surface area contributed by atoms with Crippen LogP contribution in [0.5, 0.6) is 5.75 Å². The van der Waals surface area contributed by atoms with Gasteiger partial charge in [-0.3, -0.25) is 14.5 Å². The molecule has 0 radical (unpaired) electrons. The number of likely N-dealkylation sites (tertiary alicyclic amines) is 1. The maximum Gasteiger partial charge on any atom is 0.270 e. The van der Waals surface area contributed by atoms with Gasteiger partial charge < -0.3 is 29.8 Å². The van der Waals surface area contributed by atoms with Gasteiger partial charge in [-0.15, -0.1) is 0 Å². The lowest BCUT2D eigenvalue weighted by Crippen LogP contribution is -2.42. The Hall–Kier alpha value is -4.03. The molecule has 12 heteroatoms. The highest BCUT2D eigenvalue weighted by atomic mass is 16.5. The Morgan fingerprint density at radius 1 is 1.17 bits per heavy atom. The molecule has 216 valence electrons. The molecular formula is C29H35N7O5. The second-order valence-corrected chi connectivity index (χ2v) is 11.1. The number of fused-ring (bicyclic) bond motifs is 2. The number of ether oxygens (including phenoxy) is 1. The number of aryl methyl sites for hydroxylation is 1. The van der Waals surface area contributed by atoms with E-state index in [0.29, 0.717) is 30.8 Å². The lowest BCUT2D eigenvalue weighted by atomic mass is 9.99. The van der Waals surface area contributed by atoms with Crippen LogP contribution in [0, 0.1) is 18.8 Å². The number of carbonyl (C=O) groups excluding carboxylic acids is 2. The molecule has 4 atom stereocenters. The van der Waals surface area contributed by atoms with Crippen molar-refractivity contribution in [2.45, 2.75) is 45.6 Å². The highest BCUT2D eigenvalue weighted by Gasteiger charge is 2.56. The number of amides is 2. The van der Waals surface area contributed by atoms with Gasteiger partial charge in [-0.25, -0.2) is 15.0 Å². The highest BCUT2D eigenvalue weighted by Crippen LogP contribution is 2.47. The van der Waals surface area contributed by atoms with Crippen molar-refractivity contribution in [1.82, 2.24) is 30.1 Å². The van der Waals surface area contributed by atoms with Gasteiger partial charge in [-0.1, -0.05) is 6.07 Å². The summed E-state index contributed by atoms with van der Waals surface area (Å²) in [6.45, 7) is 7.43. The SMILES string of the molecule is CC(=O)N1C[C@@H]2[C@H](C1)[C@H]2Nc1cc(C(=O)NC[C@H](O)CN2CCc3cc(OCc4ocnc4C)ccc3C2)ncn1. The summed E-state index contributed by atoms with van der Waals surface area (Å²) in [6.07, 6.45) is 2.91. The van der Waals surface area contributed by atoms with Gasteiger partial charge in [-0.2, -0.15) is 0 Å². The van der Waals surface area contributed by atoms with E-state index in [4.69, 9.17) is 9.15 Å². The van der Waals surface area contributed by atoms with Crippen molar-refractivity contribution in [3.05, 3.63) is 65.3 Å². The number of aromatic nitrogens is 3. The number of anilines is 1. The summed E-state index contributed by atoms with van der Waals surface area (Å²) in [5.74, 6) is 2.70. The third-order valence-corrected chi connectivity index (χ3v) is 8.30. The summed E-state index contributed by atoms with van der Waals surface area (Å²) in [5, 5.41) is 16.8. The van der Waals surface area contributed by atoms with Crippen LogP contribution in [0.15, 0.2) is 41.4 Å². The Bertz CT molecular complexity index is 1420. The van der Waals surface area contributed by atoms with Crippen molar-refractivity contribution in [3.8, 4) is 5.75 Å². The number of rotatable bonds is 10. The van der Waals surface area contributed by atoms with Crippen molar-refractivity contribution in [2.75, 3.05) is 38.0 Å². The lowest BCUT2D eigenvalue weighted by Gasteiger charge is -2.30. The normalized spacial score (nSPS) is 22.0. The summed E-state index contributed by atoms with van der Waals surface area (Å²) in [6, 6.07) is 7.97. The van der Waals surface area contributed by atoms with Crippen molar-refractivity contribution in [1.29, 1.82) is 0 Å². The molecule has 4 heterocycles. The van der Waals surface area contributed by atoms with Crippen molar-refractivity contribution in [3.63, 3.8) is 0 Å². The Morgan fingerprint density at radius 3 is 2.76 bits per heavy atom. The van der Waals surface area contributed by atoms with E-state index in [1.54, 1.807) is 13.0 Å². The molecule has 1 saturated heterocycles. The third-order valence-electron chi connectivity index (χ3n) is 8.30. The van der Waals surface area contributed by atoms with E-state index in [2.05, 4.69) is 42.6 Å². The number of hydrogen-bond donors (Lipinski definition) is 3. The van der Waals surface area contributed by atoms with Crippen LogP contribution in [0.2, 0.25) is 0 Å². The molecule has 2 aromatic heterocycles. The summed E-state index contributed by atoms with van der Waals surface area (Å²) >= 11 is 0. The van der Waals surface area contributed by atoms with Gasteiger partial charge in [0.05, 0.1) is 11.8 Å². The van der Waals surface area contributed by atoms with E-state index in [-0.39, 0.29) is 30.1 Å². The molecule has 1 aliphatic carbocycles. The molecule has 6 rings (SSSR count). The van der Waals surface area contributed by atoms with Gasteiger partial charge in [0.1, 0.15) is 30.2 Å². The average Bonchev–Trinajstić information content (AvgIpc) is 3.28. The first kappa shape index (κ1) is 27.2. The van der Waals surface area contributed by atoms with E-state index in [1.807, 2.05) is 17.9 Å². The topological polar surface area (TPSA) is 146 Å². The molecule has 2 aliphatic heterocycles. The molecule has 1 aromatic carbocycles. The zero-order valence-electron chi connectivity index (χ0n) is 23.2. The van der Waals surface area contributed by atoms with Crippen LogP contribution in [-0.4, -0.2) is 86.5 Å². The molecule has 0 bridgehead atoms. The number of hydrogen-bond acceptors (Lipinski definition) is 10. The number of nitrogens with one attached hydrogen (secondary N) is 2. The van der Waals surface area contributed by atoms with Crippen LogP contribution < -0.4 is 15.4 Å². The van der Waals surface area contributed by atoms with E-state index < -0.39 is 6.10 Å². The predicted octanol–water partition coefficient (Wildman–Crippen LogP) is 1.39. The molecule has 12 nitrogen and oxygen atoms in total. The summed E-state index contributed by atoms with van der Waals surface area (Å²) in [5.41, 5.74) is 3.50. The fraction of sp³-hybridized carbons (Fsp3) is 0.483. The fourth-order valence-electron chi connectivity index (χ4n) is 5.84. The first-order valence-corrected chi connectivity index (χ1v) is 14.0. The van der Waals surface area contributed by atoms with Gasteiger partial charge in [0, 0.05) is 70.1 Å². The van der Waals surface area contributed by atoms with E-state index >= 15 is 0 Å². The Balaban J connectivity index is 0.942. The fourth-order valence-corrected chi connectivity index (χ4v) is 5.84. The lowest BCUT2D eigenvalue weighted by molar-refractivity contribution is -0.128. The van der Waals surface area contributed by atoms with Gasteiger partial charge in [0.2, 0.25) is 5.91 Å². The molecule has 2 fully saturated rings. The molecule has 3 aromatic rings. The molecule has 3 aliphatic rings. The minimum Gasteiger partial charge on any atom is -0.486 e. The van der Waals surface area contributed by atoms with Crippen LogP contribution in [0.1, 0.15) is 40.0 Å². The van der Waals surface area contributed by atoms with Crippen LogP contribution >= 0.6 is 0 Å². The monoisotopic (exact) mass is 561 g/mol. The van der Waals surface area contributed by atoms with Crippen LogP contribution in [0.25, 0.3) is 0 Å². The maximum absolute atomic E-state index is 12.7. The third kappa shape index (κ3) is 6.18. The van der Waals surface area contributed by atoms with E-state index in [0.717, 1.165) is 49.8 Å². The first-order chi connectivity index (χ1) is 19.8. The minimum absolute atomic E-state index is 0.110. The molecule has 1 saturated carbocycles. The minimum atomic E-state index is -0.720. The first-order valence-electron chi connectivity index (χ1n) is 14.0. The standard InChI is InChI=1S/C29H35N7O5/c1-17-26(41-16-33-17)14-40-22-4-3-20-10-35(6-5-19(20)7-22)11-21(38)9-30-29(39)25-8-27(32-15-31-25)34-28-23-12-36(18(2)37)13-24(23)28/h3-4,7-8,15-16,21,23-24,28,38H,5-6,9-14H2,1-2H3,(H,30,39)(H,31,32,34)/t21-,23-,24+,28+/m0/s1. The summed E-state index contributed by atoms with van der Waals surface area (Å²) in [4.78, 5) is 40.8. The smallest absolute Gasteiger partial charge is 0.270 e. The van der Waals surface area contributed by atoms with E-state index in [9.17, 15) is 14.7 Å². The second kappa shape index (κ2) is 11.5. The Morgan fingerprint density at radius 2 is 2.00 bits per heavy atom. The Kier molecular flexibility index (Phi) is 7.59. The quantitative estimate of drug-likeness (QED) is 0.332. The van der Waals surface area contributed by atoms with Gasteiger partial charge in [0.25, 0.3) is 5.91 Å². The number of nitrogens with zero attached hydrogens (tertiary/aromatic N) is 5. The molecule has 41 heavy (non-hydrogen) atoms. The molecular weight excluding hydrogens is 526 g/mol. The second-order valence-electron chi connectivity index (χ2n) is 11.1. The largest absolute Gasteiger partial charge is 0.486 e. The zero-order valence-corrected chi connectivity index (χ0v) is 23.2. The van der Waals surface area contributed by atoms with Gasteiger partial charge in [-0.05, 0) is 36.6 Å². The number of benzene rings is 1. The number of aliphatic hydroxyl groups excluding tert-OH is 1. The van der Waals surface area contributed by atoms with Gasteiger partial charge in [0.15, 0.2) is 12.2 Å². The van der Waals surface area contributed by atoms with Crippen LogP contribution in [-0.2, 0) is 24.4 Å². The summed E-state index contributed by atoms with van der Waals surface area (Å²) in [7, 11) is 0. The summed E-state index contributed by atoms with van der Waals surface area (Å²) < 4.78 is 11.2. The van der Waals surface area contributed by atoms with E-state index in [1.165, 1.54) is 23.8 Å². The Labute approximate surface area is 238 Å². The van der Waals surface area contributed by atoms with Gasteiger partial charge >= 0.3 is 0 Å². The van der Waals surface area contributed by atoms with Crippen molar-refractivity contribution in [2.24, 2.45) is 11.8 Å². The highest BCUT2D eigenvalue weighted by molar-refractivity contribution is 5.92. The van der Waals surface area contributed by atoms with Crippen LogP contribution in [0.4, 0.5) is 5.82 Å². The predicted molar refractivity (Wildman–Crippen MR) is 148 cm³/mol. The van der Waals surface area contributed by atoms with Crippen molar-refractivity contribution < 1.29 is 23.8 Å².